The van der Waals surface area contributed by atoms with E-state index in [9.17, 15) is 0 Å². The highest BCUT2D eigenvalue weighted by Crippen LogP contribution is 2.15. The Balaban J connectivity index is 1.43. The Morgan fingerprint density at radius 3 is 3.05 bits per heavy atom. The normalized spacial score (nSPS) is 17.1. The molecule has 3 N–H and O–H groups in total. The number of nitrogens with zero attached hydrogens (tertiary/aromatic N) is 1. The number of imidazole rings is 1. The first kappa shape index (κ1) is 12.6. The molecule has 2 heterocycles. The molecular weight excluding hydrogens is 236 g/mol. The van der Waals surface area contributed by atoms with Gasteiger partial charge in [-0.1, -0.05) is 6.07 Å². The van der Waals surface area contributed by atoms with Crippen molar-refractivity contribution in [3.8, 4) is 0 Å². The van der Waals surface area contributed by atoms with Crippen molar-refractivity contribution in [2.45, 2.75) is 25.8 Å². The number of hydrogen-bond acceptors (Lipinski definition) is 3. The molecule has 19 heavy (non-hydrogen) atoms. The zero-order chi connectivity index (χ0) is 12.9. The molecule has 0 atom stereocenters. The van der Waals surface area contributed by atoms with Crippen molar-refractivity contribution in [3.63, 3.8) is 0 Å². The fourth-order valence-corrected chi connectivity index (χ4v) is 2.80. The number of fused-ring (bicyclic) bond motifs is 1. The van der Waals surface area contributed by atoms with Gasteiger partial charge in [-0.3, -0.25) is 0 Å². The van der Waals surface area contributed by atoms with Gasteiger partial charge in [-0.25, -0.2) is 4.98 Å². The molecule has 1 fully saturated rings. The highest BCUT2D eigenvalue weighted by atomic mass is 14.9. The van der Waals surface area contributed by atoms with E-state index in [2.05, 4.69) is 38.8 Å². The van der Waals surface area contributed by atoms with Crippen LogP contribution in [0.3, 0.4) is 0 Å². The summed E-state index contributed by atoms with van der Waals surface area (Å²) >= 11 is 0. The maximum absolute atomic E-state index is 4.24. The second-order valence-corrected chi connectivity index (χ2v) is 5.41. The molecule has 1 aliphatic rings. The summed E-state index contributed by atoms with van der Waals surface area (Å²) in [7, 11) is 0. The van der Waals surface area contributed by atoms with Crippen LogP contribution in [0.25, 0.3) is 11.0 Å². The van der Waals surface area contributed by atoms with Crippen LogP contribution in [0.2, 0.25) is 0 Å². The summed E-state index contributed by atoms with van der Waals surface area (Å²) in [4.78, 5) is 7.39. The van der Waals surface area contributed by atoms with Crippen LogP contribution in [0.5, 0.6) is 0 Å². The third-order valence-electron chi connectivity index (χ3n) is 4.00. The average molecular weight is 258 g/mol. The van der Waals surface area contributed by atoms with Gasteiger partial charge in [0.05, 0.1) is 17.4 Å². The summed E-state index contributed by atoms with van der Waals surface area (Å²) in [6, 6.07) is 6.41. The van der Waals surface area contributed by atoms with Crippen molar-refractivity contribution in [1.82, 2.24) is 20.6 Å². The molecule has 0 spiro atoms. The van der Waals surface area contributed by atoms with Gasteiger partial charge in [0.15, 0.2) is 0 Å². The van der Waals surface area contributed by atoms with Gasteiger partial charge in [0.25, 0.3) is 0 Å². The van der Waals surface area contributed by atoms with Gasteiger partial charge in [-0.2, -0.15) is 0 Å². The number of piperidine rings is 1. The monoisotopic (exact) mass is 258 g/mol. The predicted octanol–water partition coefficient (Wildman–Crippen LogP) is 2.04. The molecule has 1 aliphatic heterocycles. The highest BCUT2D eigenvalue weighted by molar-refractivity contribution is 5.74. The zero-order valence-electron chi connectivity index (χ0n) is 11.3. The van der Waals surface area contributed by atoms with E-state index in [1.165, 1.54) is 37.9 Å². The minimum Gasteiger partial charge on any atom is -0.345 e. The molecular formula is C15H22N4. The smallest absolute Gasteiger partial charge is 0.0931 e. The Morgan fingerprint density at radius 1 is 1.26 bits per heavy atom. The third-order valence-corrected chi connectivity index (χ3v) is 4.00. The van der Waals surface area contributed by atoms with Crippen molar-refractivity contribution in [2.75, 3.05) is 19.6 Å². The minimum absolute atomic E-state index is 0.906. The van der Waals surface area contributed by atoms with E-state index in [-0.39, 0.29) is 0 Å². The molecule has 1 saturated heterocycles. The lowest BCUT2D eigenvalue weighted by atomic mass is 9.95. The topological polar surface area (TPSA) is 52.7 Å². The lowest BCUT2D eigenvalue weighted by Gasteiger charge is -2.22. The van der Waals surface area contributed by atoms with E-state index in [1.807, 2.05) is 0 Å². The van der Waals surface area contributed by atoms with Crippen LogP contribution in [0, 0.1) is 5.92 Å². The quantitative estimate of drug-likeness (QED) is 0.719. The van der Waals surface area contributed by atoms with Crippen molar-refractivity contribution in [1.29, 1.82) is 0 Å². The van der Waals surface area contributed by atoms with E-state index in [4.69, 9.17) is 0 Å². The Labute approximate surface area is 114 Å². The average Bonchev–Trinajstić information content (AvgIpc) is 2.92. The van der Waals surface area contributed by atoms with E-state index >= 15 is 0 Å². The van der Waals surface area contributed by atoms with Gasteiger partial charge in [0, 0.05) is 6.54 Å². The second-order valence-electron chi connectivity index (χ2n) is 5.41. The van der Waals surface area contributed by atoms with Crippen molar-refractivity contribution in [3.05, 3.63) is 30.1 Å². The summed E-state index contributed by atoms with van der Waals surface area (Å²) in [5, 5.41) is 6.97. The van der Waals surface area contributed by atoms with Crippen LogP contribution < -0.4 is 10.6 Å². The van der Waals surface area contributed by atoms with E-state index in [0.29, 0.717) is 0 Å². The van der Waals surface area contributed by atoms with Crippen LogP contribution in [0.4, 0.5) is 0 Å². The number of aromatic amines is 1. The molecule has 0 radical (unpaired) electrons. The first-order chi connectivity index (χ1) is 9.42. The summed E-state index contributed by atoms with van der Waals surface area (Å²) in [6.07, 6.45) is 5.72. The van der Waals surface area contributed by atoms with Crippen LogP contribution >= 0.6 is 0 Å². The summed E-state index contributed by atoms with van der Waals surface area (Å²) in [5.74, 6) is 0.906. The van der Waals surface area contributed by atoms with Gasteiger partial charge in [0.2, 0.25) is 0 Å². The van der Waals surface area contributed by atoms with Gasteiger partial charge < -0.3 is 15.6 Å². The second kappa shape index (κ2) is 6.17. The maximum Gasteiger partial charge on any atom is 0.0931 e. The van der Waals surface area contributed by atoms with Crippen molar-refractivity contribution in [2.24, 2.45) is 5.92 Å². The lowest BCUT2D eigenvalue weighted by molar-refractivity contribution is 0.348. The van der Waals surface area contributed by atoms with E-state index in [1.54, 1.807) is 6.33 Å². The van der Waals surface area contributed by atoms with Gasteiger partial charge >= 0.3 is 0 Å². The van der Waals surface area contributed by atoms with Crippen LogP contribution in [-0.2, 0) is 6.54 Å². The number of hydrogen-bond donors (Lipinski definition) is 3. The molecule has 0 bridgehead atoms. The van der Waals surface area contributed by atoms with Gasteiger partial charge in [0.1, 0.15) is 0 Å². The molecule has 0 amide bonds. The Morgan fingerprint density at radius 2 is 2.16 bits per heavy atom. The molecule has 4 heteroatoms. The minimum atomic E-state index is 0.906. The number of aromatic nitrogens is 2. The summed E-state index contributed by atoms with van der Waals surface area (Å²) in [6.45, 7) is 4.45. The number of rotatable bonds is 5. The maximum atomic E-state index is 4.24. The number of H-pyrrole nitrogens is 1. The molecule has 102 valence electrons. The predicted molar refractivity (Wildman–Crippen MR) is 78.0 cm³/mol. The largest absolute Gasteiger partial charge is 0.345 e. The first-order valence-corrected chi connectivity index (χ1v) is 7.25. The van der Waals surface area contributed by atoms with Crippen molar-refractivity contribution >= 4 is 11.0 Å². The molecule has 1 aromatic heterocycles. The molecule has 3 rings (SSSR count). The SMILES string of the molecule is c1nc2ccc(CNCCC3CCNCC3)cc2[nH]1. The molecule has 4 nitrogen and oxygen atoms in total. The first-order valence-electron chi connectivity index (χ1n) is 7.25. The Hall–Kier alpha value is -1.39. The Bertz CT molecular complexity index is 514. The van der Waals surface area contributed by atoms with Gasteiger partial charge in [-0.05, 0) is 62.5 Å². The van der Waals surface area contributed by atoms with E-state index in [0.717, 1.165) is 30.0 Å². The highest BCUT2D eigenvalue weighted by Gasteiger charge is 2.11. The van der Waals surface area contributed by atoms with Gasteiger partial charge in [-0.15, -0.1) is 0 Å². The van der Waals surface area contributed by atoms with Crippen molar-refractivity contribution < 1.29 is 0 Å². The summed E-state index contributed by atoms with van der Waals surface area (Å²) in [5.41, 5.74) is 3.48. The molecule has 2 aromatic rings. The third kappa shape index (κ3) is 3.33. The fraction of sp³-hybridized carbons (Fsp3) is 0.533. The van der Waals surface area contributed by atoms with Crippen LogP contribution in [0.15, 0.2) is 24.5 Å². The fourth-order valence-electron chi connectivity index (χ4n) is 2.80. The number of benzene rings is 1. The van der Waals surface area contributed by atoms with Crippen LogP contribution in [-0.4, -0.2) is 29.6 Å². The molecule has 0 aliphatic carbocycles. The number of nitrogens with one attached hydrogen (secondary N) is 3. The summed E-state index contributed by atoms with van der Waals surface area (Å²) < 4.78 is 0. The van der Waals surface area contributed by atoms with Crippen LogP contribution in [0.1, 0.15) is 24.8 Å². The zero-order valence-corrected chi connectivity index (χ0v) is 11.3. The standard InChI is InChI=1S/C15H22N4/c1-2-14-15(19-11-18-14)9-13(1)10-17-8-5-12-3-6-16-7-4-12/h1-2,9,11-12,16-17H,3-8,10H2,(H,18,19). The molecule has 0 saturated carbocycles. The molecule has 0 unspecified atom stereocenters. The Kier molecular flexibility index (Phi) is 4.10. The lowest BCUT2D eigenvalue weighted by Crippen LogP contribution is -2.29. The molecule has 1 aromatic carbocycles. The van der Waals surface area contributed by atoms with E-state index < -0.39 is 0 Å².